The predicted octanol–water partition coefficient (Wildman–Crippen LogP) is 5.21. The maximum absolute atomic E-state index is 13.7. The fourth-order valence-corrected chi connectivity index (χ4v) is 3.16. The zero-order chi connectivity index (χ0) is 15.6. The minimum Gasteiger partial charge on any atom is -0.496 e. The zero-order valence-electron chi connectivity index (χ0n) is 11.4. The van der Waals surface area contributed by atoms with E-state index in [-0.39, 0.29) is 6.04 Å². The van der Waals surface area contributed by atoms with Crippen LogP contribution in [0, 0.1) is 5.82 Å². The van der Waals surface area contributed by atoms with Crippen molar-refractivity contribution in [1.29, 1.82) is 0 Å². The molecule has 1 atom stereocenters. The van der Waals surface area contributed by atoms with Crippen LogP contribution in [0.1, 0.15) is 17.2 Å². The van der Waals surface area contributed by atoms with E-state index in [1.165, 1.54) is 13.2 Å². The zero-order valence-corrected chi connectivity index (χ0v) is 14.5. The lowest BCUT2D eigenvalue weighted by Crippen LogP contribution is -2.19. The molecule has 0 heterocycles. The van der Waals surface area contributed by atoms with Crippen molar-refractivity contribution >= 4 is 39.1 Å². The number of halogens is 4. The molecule has 0 bridgehead atoms. The van der Waals surface area contributed by atoms with E-state index in [1.807, 2.05) is 0 Å². The van der Waals surface area contributed by atoms with E-state index in [4.69, 9.17) is 27.9 Å². The summed E-state index contributed by atoms with van der Waals surface area (Å²) in [6, 6.07) is 7.97. The molecule has 0 aliphatic heterocycles. The number of methoxy groups -OCH3 is 1. The summed E-state index contributed by atoms with van der Waals surface area (Å²) in [7, 11) is 3.27. The molecule has 0 saturated heterocycles. The van der Waals surface area contributed by atoms with Crippen LogP contribution in [-0.4, -0.2) is 14.2 Å². The van der Waals surface area contributed by atoms with E-state index < -0.39 is 5.82 Å². The highest BCUT2D eigenvalue weighted by molar-refractivity contribution is 9.10. The van der Waals surface area contributed by atoms with E-state index >= 15 is 0 Å². The van der Waals surface area contributed by atoms with Gasteiger partial charge in [0.25, 0.3) is 0 Å². The largest absolute Gasteiger partial charge is 0.496 e. The van der Waals surface area contributed by atoms with Gasteiger partial charge in [-0.1, -0.05) is 29.3 Å². The van der Waals surface area contributed by atoms with E-state index in [1.54, 1.807) is 31.3 Å². The van der Waals surface area contributed by atoms with E-state index in [0.717, 1.165) is 11.1 Å². The first-order valence-corrected chi connectivity index (χ1v) is 7.68. The molecule has 2 aromatic rings. The lowest BCUT2D eigenvalue weighted by atomic mass is 9.97. The normalized spacial score (nSPS) is 12.3. The Morgan fingerprint density at radius 3 is 2.38 bits per heavy atom. The third-order valence-corrected chi connectivity index (χ3v) is 4.43. The van der Waals surface area contributed by atoms with Gasteiger partial charge in [-0.3, -0.25) is 0 Å². The monoisotopic (exact) mass is 391 g/mol. The molecule has 0 saturated carbocycles. The maximum atomic E-state index is 13.7. The van der Waals surface area contributed by atoms with Gasteiger partial charge in [-0.25, -0.2) is 4.39 Å². The fourth-order valence-electron chi connectivity index (χ4n) is 2.19. The molecule has 0 spiro atoms. The van der Waals surface area contributed by atoms with Crippen LogP contribution >= 0.6 is 39.1 Å². The smallest absolute Gasteiger partial charge is 0.141 e. The molecule has 0 aromatic heterocycles. The topological polar surface area (TPSA) is 21.3 Å². The van der Waals surface area contributed by atoms with Crippen molar-refractivity contribution in [3.05, 3.63) is 61.8 Å². The van der Waals surface area contributed by atoms with Crippen LogP contribution in [0.3, 0.4) is 0 Å². The van der Waals surface area contributed by atoms with Crippen LogP contribution in [0.25, 0.3) is 0 Å². The standard InChI is InChI=1S/C15H13BrCl2FNO/c1-20-15(14-10(17)4-3-5-11(14)18)8-6-9(16)12(19)7-13(8)21-2/h3-7,15,20H,1-2H3. The molecule has 21 heavy (non-hydrogen) atoms. The summed E-state index contributed by atoms with van der Waals surface area (Å²) in [5.41, 5.74) is 1.46. The van der Waals surface area contributed by atoms with Crippen LogP contribution in [0.4, 0.5) is 4.39 Å². The number of hydrogen-bond acceptors (Lipinski definition) is 2. The summed E-state index contributed by atoms with van der Waals surface area (Å²) >= 11 is 15.7. The predicted molar refractivity (Wildman–Crippen MR) is 88.0 cm³/mol. The van der Waals surface area contributed by atoms with Crippen molar-refractivity contribution in [2.75, 3.05) is 14.2 Å². The summed E-state index contributed by atoms with van der Waals surface area (Å²) < 4.78 is 19.3. The van der Waals surface area contributed by atoms with Crippen LogP contribution in [0.15, 0.2) is 34.8 Å². The van der Waals surface area contributed by atoms with Gasteiger partial charge in [0.2, 0.25) is 0 Å². The van der Waals surface area contributed by atoms with Gasteiger partial charge in [-0.05, 0) is 41.2 Å². The first-order chi connectivity index (χ1) is 9.99. The van der Waals surface area contributed by atoms with Crippen molar-refractivity contribution in [3.8, 4) is 5.75 Å². The molecule has 0 radical (unpaired) electrons. The van der Waals surface area contributed by atoms with Crippen molar-refractivity contribution in [3.63, 3.8) is 0 Å². The van der Waals surface area contributed by atoms with Gasteiger partial charge in [0.15, 0.2) is 0 Å². The Kier molecular flexibility index (Phi) is 5.49. The lowest BCUT2D eigenvalue weighted by Gasteiger charge is -2.22. The van der Waals surface area contributed by atoms with E-state index in [0.29, 0.717) is 20.3 Å². The molecule has 2 rings (SSSR count). The van der Waals surface area contributed by atoms with Crippen molar-refractivity contribution in [1.82, 2.24) is 5.32 Å². The first kappa shape index (κ1) is 16.6. The minimum atomic E-state index is -0.393. The van der Waals surface area contributed by atoms with Crippen LogP contribution in [-0.2, 0) is 0 Å². The van der Waals surface area contributed by atoms with Crippen molar-refractivity contribution < 1.29 is 9.13 Å². The third kappa shape index (κ3) is 3.34. The number of nitrogens with one attached hydrogen (secondary N) is 1. The average Bonchev–Trinajstić information content (AvgIpc) is 2.46. The molecule has 0 amide bonds. The van der Waals surface area contributed by atoms with Gasteiger partial charge in [-0.15, -0.1) is 0 Å². The molecular formula is C15H13BrCl2FNO. The van der Waals surface area contributed by atoms with Crippen molar-refractivity contribution in [2.45, 2.75) is 6.04 Å². The van der Waals surface area contributed by atoms with Crippen molar-refractivity contribution in [2.24, 2.45) is 0 Å². The molecule has 6 heteroatoms. The van der Waals surface area contributed by atoms with E-state index in [9.17, 15) is 4.39 Å². The molecule has 0 fully saturated rings. The van der Waals surface area contributed by atoms with Gasteiger partial charge >= 0.3 is 0 Å². The summed E-state index contributed by atoms with van der Waals surface area (Å²) in [5.74, 6) is 0.0294. The molecule has 0 aliphatic carbocycles. The number of hydrogen-bond donors (Lipinski definition) is 1. The molecular weight excluding hydrogens is 380 g/mol. The SMILES string of the molecule is CNC(c1cc(Br)c(F)cc1OC)c1c(Cl)cccc1Cl. The Bertz CT molecular complexity index is 646. The van der Waals surface area contributed by atoms with Gasteiger partial charge in [0.05, 0.1) is 17.6 Å². The number of rotatable bonds is 4. The highest BCUT2D eigenvalue weighted by atomic mass is 79.9. The fraction of sp³-hybridized carbons (Fsp3) is 0.200. The number of benzene rings is 2. The average molecular weight is 393 g/mol. The Morgan fingerprint density at radius 1 is 1.24 bits per heavy atom. The van der Waals surface area contributed by atoms with Gasteiger partial charge in [0, 0.05) is 27.2 Å². The summed E-state index contributed by atoms with van der Waals surface area (Å²) in [6.45, 7) is 0. The highest BCUT2D eigenvalue weighted by Gasteiger charge is 2.23. The highest BCUT2D eigenvalue weighted by Crippen LogP contribution is 2.39. The Hall–Kier alpha value is -0.810. The quantitative estimate of drug-likeness (QED) is 0.770. The van der Waals surface area contributed by atoms with E-state index in [2.05, 4.69) is 21.2 Å². The molecule has 2 aromatic carbocycles. The second kappa shape index (κ2) is 6.97. The van der Waals surface area contributed by atoms with Crippen LogP contribution < -0.4 is 10.1 Å². The third-order valence-electron chi connectivity index (χ3n) is 3.16. The summed E-state index contributed by atoms with van der Waals surface area (Å²) in [4.78, 5) is 0. The Morgan fingerprint density at radius 2 is 1.86 bits per heavy atom. The number of ether oxygens (including phenoxy) is 1. The Labute approximate surface area is 141 Å². The van der Waals surface area contributed by atoms with Crippen LogP contribution in [0.2, 0.25) is 10.0 Å². The van der Waals surface area contributed by atoms with Gasteiger partial charge in [0.1, 0.15) is 11.6 Å². The van der Waals surface area contributed by atoms with Gasteiger partial charge < -0.3 is 10.1 Å². The maximum Gasteiger partial charge on any atom is 0.141 e. The second-order valence-corrected chi connectivity index (χ2v) is 6.03. The molecule has 1 N–H and O–H groups in total. The molecule has 2 nitrogen and oxygen atoms in total. The molecule has 112 valence electrons. The second-order valence-electron chi connectivity index (χ2n) is 4.37. The summed E-state index contributed by atoms with van der Waals surface area (Å²) in [5, 5.41) is 4.21. The lowest BCUT2D eigenvalue weighted by molar-refractivity contribution is 0.401. The molecule has 0 aliphatic rings. The summed E-state index contributed by atoms with van der Waals surface area (Å²) in [6.07, 6.45) is 0. The first-order valence-electron chi connectivity index (χ1n) is 6.13. The minimum absolute atomic E-state index is 0.321. The Balaban J connectivity index is 2.64. The van der Waals surface area contributed by atoms with Crippen LogP contribution in [0.5, 0.6) is 5.75 Å². The van der Waals surface area contributed by atoms with Gasteiger partial charge in [-0.2, -0.15) is 0 Å². The molecule has 1 unspecified atom stereocenters.